The fourth-order valence-corrected chi connectivity index (χ4v) is 1.79. The van der Waals surface area contributed by atoms with Gasteiger partial charge >= 0.3 is 0 Å². The van der Waals surface area contributed by atoms with Crippen molar-refractivity contribution < 1.29 is 8.78 Å². The Morgan fingerprint density at radius 2 is 2.00 bits per heavy atom. The molecule has 0 fully saturated rings. The Morgan fingerprint density at radius 3 is 2.59 bits per heavy atom. The van der Waals surface area contributed by atoms with Gasteiger partial charge in [-0.15, -0.1) is 11.6 Å². The summed E-state index contributed by atoms with van der Waals surface area (Å²) in [6.45, 7) is 5.27. The summed E-state index contributed by atoms with van der Waals surface area (Å²) in [5, 5.41) is 0. The molecule has 0 heterocycles. The van der Waals surface area contributed by atoms with E-state index in [9.17, 15) is 8.78 Å². The van der Waals surface area contributed by atoms with Crippen LogP contribution in [0.3, 0.4) is 0 Å². The predicted molar refractivity (Wildman–Crippen MR) is 67.2 cm³/mol. The molecule has 0 unspecified atom stereocenters. The Hall–Kier alpha value is -0.670. The molecule has 0 spiro atoms. The van der Waals surface area contributed by atoms with Crippen LogP contribution in [0.4, 0.5) is 8.78 Å². The van der Waals surface area contributed by atoms with Gasteiger partial charge in [0.15, 0.2) is 11.6 Å². The lowest BCUT2D eigenvalue weighted by molar-refractivity contribution is 0.210. The first kappa shape index (κ1) is 14.4. The lowest BCUT2D eigenvalue weighted by Gasteiger charge is -2.26. The van der Waals surface area contributed by atoms with Crippen LogP contribution in [0, 0.1) is 11.6 Å². The summed E-state index contributed by atoms with van der Waals surface area (Å²) in [5.41, 5.74) is 0.397. The first-order valence-electron chi connectivity index (χ1n) is 5.79. The van der Waals surface area contributed by atoms with E-state index < -0.39 is 11.6 Å². The number of nitrogens with zero attached hydrogens (tertiary/aromatic N) is 1. The number of alkyl halides is 1. The van der Waals surface area contributed by atoms with Crippen LogP contribution in [0.15, 0.2) is 18.2 Å². The second-order valence-corrected chi connectivity index (χ2v) is 4.70. The molecule has 4 heteroatoms. The van der Waals surface area contributed by atoms with Gasteiger partial charge in [0.25, 0.3) is 0 Å². The topological polar surface area (TPSA) is 3.24 Å². The second-order valence-electron chi connectivity index (χ2n) is 4.32. The monoisotopic (exact) mass is 261 g/mol. The van der Waals surface area contributed by atoms with E-state index in [1.54, 1.807) is 6.07 Å². The zero-order valence-corrected chi connectivity index (χ0v) is 11.0. The van der Waals surface area contributed by atoms with Gasteiger partial charge in [0.1, 0.15) is 0 Å². The fraction of sp³-hybridized carbons (Fsp3) is 0.538. The quantitative estimate of drug-likeness (QED) is 0.704. The molecule has 0 atom stereocenters. The first-order chi connectivity index (χ1) is 8.06. The average molecular weight is 262 g/mol. The number of halogens is 3. The lowest BCUT2D eigenvalue weighted by Crippen LogP contribution is -2.32. The minimum absolute atomic E-state index is 0.279. The van der Waals surface area contributed by atoms with E-state index >= 15 is 0 Å². The maximum Gasteiger partial charge on any atom is 0.163 e. The lowest BCUT2D eigenvalue weighted by atomic mass is 10.1. The highest BCUT2D eigenvalue weighted by Gasteiger charge is 2.14. The van der Waals surface area contributed by atoms with Crippen LogP contribution in [0.2, 0.25) is 0 Å². The standard InChI is InChI=1S/C13H18ClF2N/c1-10(2)17(8-4-7-14)9-11-5-3-6-12(15)13(11)16/h3,5-6,10H,4,7-9H2,1-2H3. The minimum Gasteiger partial charge on any atom is -0.297 e. The molecule has 0 bridgehead atoms. The zero-order chi connectivity index (χ0) is 12.8. The van der Waals surface area contributed by atoms with Crippen LogP contribution in [0.25, 0.3) is 0 Å². The van der Waals surface area contributed by atoms with Crippen LogP contribution >= 0.6 is 11.6 Å². The van der Waals surface area contributed by atoms with Gasteiger partial charge in [-0.2, -0.15) is 0 Å². The van der Waals surface area contributed by atoms with E-state index in [2.05, 4.69) is 4.90 Å². The molecule has 0 saturated heterocycles. The van der Waals surface area contributed by atoms with Crippen LogP contribution in [-0.4, -0.2) is 23.4 Å². The molecule has 0 aliphatic heterocycles. The van der Waals surface area contributed by atoms with E-state index in [4.69, 9.17) is 11.6 Å². The Balaban J connectivity index is 2.75. The highest BCUT2D eigenvalue weighted by molar-refractivity contribution is 6.17. The second kappa shape index (κ2) is 6.92. The number of benzene rings is 1. The third-order valence-electron chi connectivity index (χ3n) is 2.71. The van der Waals surface area contributed by atoms with Crippen molar-refractivity contribution in [1.29, 1.82) is 0 Å². The summed E-state index contributed by atoms with van der Waals surface area (Å²) in [6, 6.07) is 4.57. The normalized spacial score (nSPS) is 11.5. The van der Waals surface area contributed by atoms with E-state index in [0.717, 1.165) is 19.0 Å². The molecular formula is C13H18ClF2N. The summed E-state index contributed by atoms with van der Waals surface area (Å²) >= 11 is 5.65. The van der Waals surface area contributed by atoms with Crippen LogP contribution in [-0.2, 0) is 6.54 Å². The summed E-state index contributed by atoms with van der Waals surface area (Å²) in [5.74, 6) is -0.956. The van der Waals surface area contributed by atoms with E-state index in [0.29, 0.717) is 18.0 Å². The van der Waals surface area contributed by atoms with Gasteiger partial charge in [-0.05, 0) is 32.9 Å². The predicted octanol–water partition coefficient (Wildman–Crippen LogP) is 3.80. The van der Waals surface area contributed by atoms with E-state index in [1.807, 2.05) is 13.8 Å². The molecule has 0 aliphatic rings. The van der Waals surface area contributed by atoms with Crippen molar-refractivity contribution in [2.75, 3.05) is 12.4 Å². The van der Waals surface area contributed by atoms with Gasteiger partial charge in [0.05, 0.1) is 0 Å². The molecule has 17 heavy (non-hydrogen) atoms. The largest absolute Gasteiger partial charge is 0.297 e. The SMILES string of the molecule is CC(C)N(CCCCl)Cc1cccc(F)c1F. The van der Waals surface area contributed by atoms with Crippen molar-refractivity contribution in [3.05, 3.63) is 35.4 Å². The molecule has 0 radical (unpaired) electrons. The van der Waals surface area contributed by atoms with Gasteiger partial charge in [-0.3, -0.25) is 4.90 Å². The van der Waals surface area contributed by atoms with E-state index in [-0.39, 0.29) is 6.04 Å². The van der Waals surface area contributed by atoms with Gasteiger partial charge < -0.3 is 0 Å². The summed E-state index contributed by atoms with van der Waals surface area (Å²) in [7, 11) is 0. The maximum absolute atomic E-state index is 13.5. The molecule has 96 valence electrons. The maximum atomic E-state index is 13.5. The summed E-state index contributed by atoms with van der Waals surface area (Å²) in [4.78, 5) is 2.08. The minimum atomic E-state index is -0.788. The van der Waals surface area contributed by atoms with Gasteiger partial charge in [0, 0.05) is 24.0 Å². The third-order valence-corrected chi connectivity index (χ3v) is 2.98. The van der Waals surface area contributed by atoms with Crippen molar-refractivity contribution in [2.24, 2.45) is 0 Å². The molecular weight excluding hydrogens is 244 g/mol. The smallest absolute Gasteiger partial charge is 0.163 e. The Kier molecular flexibility index (Phi) is 5.86. The Morgan fingerprint density at radius 1 is 1.29 bits per heavy atom. The Labute approximate surface area is 106 Å². The molecule has 0 N–H and O–H groups in total. The van der Waals surface area contributed by atoms with Gasteiger partial charge in [-0.1, -0.05) is 12.1 Å². The van der Waals surface area contributed by atoms with Gasteiger partial charge in [-0.25, -0.2) is 8.78 Å². The molecule has 1 rings (SSSR count). The van der Waals surface area contributed by atoms with Crippen LogP contribution in [0.1, 0.15) is 25.8 Å². The molecule has 1 aromatic carbocycles. The number of rotatable bonds is 6. The molecule has 1 aromatic rings. The fourth-order valence-electron chi connectivity index (χ4n) is 1.67. The summed E-state index contributed by atoms with van der Waals surface area (Å²) < 4.78 is 26.6. The molecule has 0 saturated carbocycles. The number of hydrogen-bond acceptors (Lipinski definition) is 1. The molecule has 0 aliphatic carbocycles. The van der Waals surface area contributed by atoms with Crippen molar-refractivity contribution >= 4 is 11.6 Å². The van der Waals surface area contributed by atoms with E-state index in [1.165, 1.54) is 6.07 Å². The van der Waals surface area contributed by atoms with Gasteiger partial charge in [0.2, 0.25) is 0 Å². The first-order valence-corrected chi connectivity index (χ1v) is 6.32. The molecule has 0 aromatic heterocycles. The molecule has 0 amide bonds. The van der Waals surface area contributed by atoms with Crippen molar-refractivity contribution in [2.45, 2.75) is 32.9 Å². The summed E-state index contributed by atoms with van der Waals surface area (Å²) in [6.07, 6.45) is 0.844. The highest BCUT2D eigenvalue weighted by atomic mass is 35.5. The molecule has 1 nitrogen and oxygen atoms in total. The van der Waals surface area contributed by atoms with Crippen molar-refractivity contribution in [3.63, 3.8) is 0 Å². The highest BCUT2D eigenvalue weighted by Crippen LogP contribution is 2.15. The van der Waals surface area contributed by atoms with Crippen molar-refractivity contribution in [3.8, 4) is 0 Å². The average Bonchev–Trinajstić information content (AvgIpc) is 2.29. The van der Waals surface area contributed by atoms with Crippen LogP contribution < -0.4 is 0 Å². The number of hydrogen-bond donors (Lipinski definition) is 0. The van der Waals surface area contributed by atoms with Crippen LogP contribution in [0.5, 0.6) is 0 Å². The zero-order valence-electron chi connectivity index (χ0n) is 10.2. The third kappa shape index (κ3) is 4.25. The van der Waals surface area contributed by atoms with Crippen molar-refractivity contribution in [1.82, 2.24) is 4.90 Å². The Bertz CT molecular complexity index is 355.